The molecule has 1 N–H and O–H groups in total. The second-order valence-electron chi connectivity index (χ2n) is 4.58. The second kappa shape index (κ2) is 6.41. The largest absolute Gasteiger partial charge is 0.480 e. The number of carbonyl (C=O) groups is 2. The maximum atomic E-state index is 12.6. The molecule has 0 aromatic heterocycles. The van der Waals surface area contributed by atoms with Crippen LogP contribution in [0.4, 0.5) is 5.69 Å². The Bertz CT molecular complexity index is 685. The molecule has 0 aliphatic carbocycles. The topological polar surface area (TPSA) is 57.6 Å². The molecule has 4 nitrogen and oxygen atoms in total. The van der Waals surface area contributed by atoms with Gasteiger partial charge in [-0.2, -0.15) is 0 Å². The summed E-state index contributed by atoms with van der Waals surface area (Å²) >= 11 is 5.89. The highest BCUT2D eigenvalue weighted by Crippen LogP contribution is 2.22. The van der Waals surface area contributed by atoms with Crippen molar-refractivity contribution in [1.29, 1.82) is 0 Å². The number of halogens is 1. The monoisotopic (exact) mass is 303 g/mol. The fraction of sp³-hybridized carbons (Fsp3) is 0.125. The molecule has 0 atom stereocenters. The number of anilines is 1. The van der Waals surface area contributed by atoms with Crippen LogP contribution in [0.25, 0.3) is 0 Å². The summed E-state index contributed by atoms with van der Waals surface area (Å²) in [6.45, 7) is 1.42. The van der Waals surface area contributed by atoms with Gasteiger partial charge < -0.3 is 5.11 Å². The maximum absolute atomic E-state index is 12.6. The van der Waals surface area contributed by atoms with Crippen LogP contribution in [0.1, 0.15) is 15.9 Å². The molecular weight excluding hydrogens is 290 g/mol. The summed E-state index contributed by atoms with van der Waals surface area (Å²) in [5, 5.41) is 9.50. The smallest absolute Gasteiger partial charge is 0.323 e. The van der Waals surface area contributed by atoms with Gasteiger partial charge in [0.25, 0.3) is 5.91 Å². The zero-order valence-electron chi connectivity index (χ0n) is 11.4. The standard InChI is InChI=1S/C16H14ClNO3/c1-11-5-2-3-8-14(11)18(10-15(19)20)16(21)12-6-4-7-13(17)9-12/h2-9H,10H2,1H3,(H,19,20). The number of carboxylic acids is 1. The molecule has 0 saturated heterocycles. The third kappa shape index (κ3) is 3.61. The molecule has 0 unspecified atom stereocenters. The molecule has 2 rings (SSSR count). The zero-order valence-corrected chi connectivity index (χ0v) is 12.2. The number of amides is 1. The lowest BCUT2D eigenvalue weighted by atomic mass is 10.1. The maximum Gasteiger partial charge on any atom is 0.323 e. The van der Waals surface area contributed by atoms with Gasteiger partial charge in [-0.15, -0.1) is 0 Å². The highest BCUT2D eigenvalue weighted by molar-refractivity contribution is 6.31. The van der Waals surface area contributed by atoms with Gasteiger partial charge in [0.1, 0.15) is 6.54 Å². The number of rotatable bonds is 4. The molecule has 5 heteroatoms. The number of para-hydroxylation sites is 1. The van der Waals surface area contributed by atoms with E-state index in [2.05, 4.69) is 0 Å². The number of carboxylic acid groups (broad SMARTS) is 1. The summed E-state index contributed by atoms with van der Waals surface area (Å²) in [5.41, 5.74) is 1.76. The van der Waals surface area contributed by atoms with Crippen LogP contribution in [0.15, 0.2) is 48.5 Å². The highest BCUT2D eigenvalue weighted by Gasteiger charge is 2.21. The molecule has 21 heavy (non-hydrogen) atoms. The van der Waals surface area contributed by atoms with Gasteiger partial charge in [-0.25, -0.2) is 0 Å². The van der Waals surface area contributed by atoms with E-state index in [4.69, 9.17) is 16.7 Å². The van der Waals surface area contributed by atoms with Gasteiger partial charge >= 0.3 is 5.97 Å². The van der Waals surface area contributed by atoms with Crippen molar-refractivity contribution in [2.45, 2.75) is 6.92 Å². The van der Waals surface area contributed by atoms with Gasteiger partial charge in [0, 0.05) is 16.3 Å². The Kier molecular flexibility index (Phi) is 4.60. The van der Waals surface area contributed by atoms with Crippen LogP contribution in [0.3, 0.4) is 0 Å². The molecule has 0 aliphatic heterocycles. The van der Waals surface area contributed by atoms with Crippen molar-refractivity contribution >= 4 is 29.2 Å². The third-order valence-corrected chi connectivity index (χ3v) is 3.25. The fourth-order valence-corrected chi connectivity index (χ4v) is 2.24. The van der Waals surface area contributed by atoms with Crippen LogP contribution < -0.4 is 4.90 Å². The molecule has 0 aliphatic rings. The van der Waals surface area contributed by atoms with E-state index in [1.807, 2.05) is 19.1 Å². The van der Waals surface area contributed by atoms with Crippen molar-refractivity contribution in [1.82, 2.24) is 0 Å². The molecule has 0 bridgehead atoms. The minimum absolute atomic E-state index is 0.354. The first-order valence-electron chi connectivity index (χ1n) is 6.34. The molecule has 2 aromatic rings. The van der Waals surface area contributed by atoms with Crippen LogP contribution in [-0.4, -0.2) is 23.5 Å². The van der Waals surface area contributed by atoms with Crippen molar-refractivity contribution in [3.63, 3.8) is 0 Å². The molecular formula is C16H14ClNO3. The van der Waals surface area contributed by atoms with E-state index < -0.39 is 18.4 Å². The number of hydrogen-bond acceptors (Lipinski definition) is 2. The molecule has 108 valence electrons. The Morgan fingerprint density at radius 3 is 2.48 bits per heavy atom. The Hall–Kier alpha value is -2.33. The van der Waals surface area contributed by atoms with Gasteiger partial charge in [0.2, 0.25) is 0 Å². The van der Waals surface area contributed by atoms with Crippen LogP contribution in [-0.2, 0) is 4.79 Å². The number of benzene rings is 2. The highest BCUT2D eigenvalue weighted by atomic mass is 35.5. The van der Waals surface area contributed by atoms with E-state index >= 15 is 0 Å². The van der Waals surface area contributed by atoms with Gasteiger partial charge in [-0.1, -0.05) is 35.9 Å². The minimum atomic E-state index is -1.08. The van der Waals surface area contributed by atoms with Crippen molar-refractivity contribution in [3.8, 4) is 0 Å². The van der Waals surface area contributed by atoms with Crippen LogP contribution in [0, 0.1) is 6.92 Å². The van der Waals surface area contributed by atoms with Gasteiger partial charge in [-0.05, 0) is 36.8 Å². The Labute approximate surface area is 127 Å². The molecule has 2 aromatic carbocycles. The Morgan fingerprint density at radius 1 is 1.14 bits per heavy atom. The van der Waals surface area contributed by atoms with E-state index in [0.717, 1.165) is 5.56 Å². The molecule has 0 saturated carbocycles. The molecule has 0 fully saturated rings. The summed E-state index contributed by atoms with van der Waals surface area (Å²) in [6, 6.07) is 13.6. The van der Waals surface area contributed by atoms with Crippen LogP contribution in [0.2, 0.25) is 5.02 Å². The van der Waals surface area contributed by atoms with E-state index in [1.54, 1.807) is 30.3 Å². The summed E-state index contributed by atoms with van der Waals surface area (Å²) in [4.78, 5) is 24.9. The first-order chi connectivity index (χ1) is 9.99. The molecule has 0 spiro atoms. The molecule has 0 heterocycles. The predicted molar refractivity (Wildman–Crippen MR) is 81.9 cm³/mol. The van der Waals surface area contributed by atoms with Crippen molar-refractivity contribution in [2.24, 2.45) is 0 Å². The summed E-state index contributed by atoms with van der Waals surface area (Å²) in [5.74, 6) is -1.47. The lowest BCUT2D eigenvalue weighted by molar-refractivity contribution is -0.135. The fourth-order valence-electron chi connectivity index (χ4n) is 2.05. The number of hydrogen-bond donors (Lipinski definition) is 1. The lowest BCUT2D eigenvalue weighted by Gasteiger charge is -2.22. The minimum Gasteiger partial charge on any atom is -0.480 e. The van der Waals surface area contributed by atoms with Crippen LogP contribution >= 0.6 is 11.6 Å². The van der Waals surface area contributed by atoms with E-state index in [-0.39, 0.29) is 0 Å². The lowest BCUT2D eigenvalue weighted by Crippen LogP contribution is -2.36. The van der Waals surface area contributed by atoms with Crippen molar-refractivity contribution in [3.05, 3.63) is 64.7 Å². The second-order valence-corrected chi connectivity index (χ2v) is 5.02. The predicted octanol–water partition coefficient (Wildman–Crippen LogP) is 3.38. The Morgan fingerprint density at radius 2 is 1.86 bits per heavy atom. The average molecular weight is 304 g/mol. The van der Waals surface area contributed by atoms with Gasteiger partial charge in [0.05, 0.1) is 0 Å². The number of nitrogens with zero attached hydrogens (tertiary/aromatic N) is 1. The molecule has 0 radical (unpaired) electrons. The van der Waals surface area contributed by atoms with Gasteiger partial charge in [-0.3, -0.25) is 14.5 Å². The quantitative estimate of drug-likeness (QED) is 0.942. The van der Waals surface area contributed by atoms with Crippen molar-refractivity contribution in [2.75, 3.05) is 11.4 Å². The van der Waals surface area contributed by atoms with Crippen LogP contribution in [0.5, 0.6) is 0 Å². The first-order valence-corrected chi connectivity index (χ1v) is 6.71. The van der Waals surface area contributed by atoms with Crippen molar-refractivity contribution < 1.29 is 14.7 Å². The third-order valence-electron chi connectivity index (χ3n) is 3.02. The Balaban J connectivity index is 2.43. The SMILES string of the molecule is Cc1ccccc1N(CC(=O)O)C(=O)c1cccc(Cl)c1. The first kappa shape index (κ1) is 15.1. The normalized spacial score (nSPS) is 10.2. The van der Waals surface area contributed by atoms with Gasteiger partial charge in [0.15, 0.2) is 0 Å². The number of carbonyl (C=O) groups excluding carboxylic acids is 1. The zero-order chi connectivity index (χ0) is 15.4. The summed E-state index contributed by atoms with van der Waals surface area (Å²) in [7, 11) is 0. The number of aryl methyl sites for hydroxylation is 1. The summed E-state index contributed by atoms with van der Waals surface area (Å²) in [6.07, 6.45) is 0. The average Bonchev–Trinajstić information content (AvgIpc) is 2.45. The summed E-state index contributed by atoms with van der Waals surface area (Å²) < 4.78 is 0. The van der Waals surface area contributed by atoms with E-state index in [0.29, 0.717) is 16.3 Å². The van der Waals surface area contributed by atoms with E-state index in [1.165, 1.54) is 11.0 Å². The number of aliphatic carboxylic acids is 1. The van der Waals surface area contributed by atoms with E-state index in [9.17, 15) is 9.59 Å². The molecule has 1 amide bonds.